The SMILES string of the molecule is Cc1csc(NC(=O)C2CCn3ccnc3C2)n1. The summed E-state index contributed by atoms with van der Waals surface area (Å²) in [5, 5.41) is 5.51. The number of aryl methyl sites for hydroxylation is 2. The van der Waals surface area contributed by atoms with Crippen LogP contribution in [0.2, 0.25) is 0 Å². The van der Waals surface area contributed by atoms with E-state index in [1.807, 2.05) is 18.5 Å². The average molecular weight is 262 g/mol. The van der Waals surface area contributed by atoms with Crippen molar-refractivity contribution >= 4 is 22.4 Å². The number of aromatic nitrogens is 3. The third-order valence-electron chi connectivity index (χ3n) is 3.17. The number of hydrogen-bond donors (Lipinski definition) is 1. The van der Waals surface area contributed by atoms with E-state index in [4.69, 9.17) is 0 Å². The summed E-state index contributed by atoms with van der Waals surface area (Å²) in [6.45, 7) is 2.79. The molecule has 1 amide bonds. The highest BCUT2D eigenvalue weighted by Gasteiger charge is 2.25. The van der Waals surface area contributed by atoms with Crippen LogP contribution in [-0.2, 0) is 17.8 Å². The van der Waals surface area contributed by atoms with Gasteiger partial charge in [-0.3, -0.25) is 4.79 Å². The second-order valence-corrected chi connectivity index (χ2v) is 5.37. The molecule has 0 spiro atoms. The Hall–Kier alpha value is -1.69. The van der Waals surface area contributed by atoms with E-state index < -0.39 is 0 Å². The Kier molecular flexibility index (Phi) is 2.87. The number of imidazole rings is 1. The molecule has 0 radical (unpaired) electrons. The molecule has 1 aliphatic heterocycles. The van der Waals surface area contributed by atoms with Crippen molar-refractivity contribution in [3.63, 3.8) is 0 Å². The molecule has 1 unspecified atom stereocenters. The Bertz CT molecular complexity index is 574. The maximum Gasteiger partial charge on any atom is 0.229 e. The molecule has 5 nitrogen and oxygen atoms in total. The maximum atomic E-state index is 12.1. The number of carbonyl (C=O) groups excluding carboxylic acids is 1. The van der Waals surface area contributed by atoms with Crippen molar-refractivity contribution in [2.75, 3.05) is 5.32 Å². The summed E-state index contributed by atoms with van der Waals surface area (Å²) in [4.78, 5) is 20.6. The predicted molar refractivity (Wildman–Crippen MR) is 69.5 cm³/mol. The molecule has 0 saturated heterocycles. The molecule has 1 aliphatic rings. The number of nitrogens with one attached hydrogen (secondary N) is 1. The van der Waals surface area contributed by atoms with Gasteiger partial charge in [0.25, 0.3) is 0 Å². The van der Waals surface area contributed by atoms with E-state index in [1.165, 1.54) is 11.3 Å². The summed E-state index contributed by atoms with van der Waals surface area (Å²) in [6.07, 6.45) is 5.33. The first-order chi connectivity index (χ1) is 8.72. The first-order valence-corrected chi connectivity index (χ1v) is 6.83. The van der Waals surface area contributed by atoms with Gasteiger partial charge in [-0.1, -0.05) is 0 Å². The van der Waals surface area contributed by atoms with Crippen LogP contribution in [0.4, 0.5) is 5.13 Å². The van der Waals surface area contributed by atoms with Crippen LogP contribution in [0.3, 0.4) is 0 Å². The Morgan fingerprint density at radius 1 is 1.61 bits per heavy atom. The Morgan fingerprint density at radius 3 is 3.28 bits per heavy atom. The van der Waals surface area contributed by atoms with E-state index in [-0.39, 0.29) is 11.8 Å². The third kappa shape index (κ3) is 2.15. The highest BCUT2D eigenvalue weighted by Crippen LogP contribution is 2.22. The number of anilines is 1. The fourth-order valence-corrected chi connectivity index (χ4v) is 2.88. The van der Waals surface area contributed by atoms with Gasteiger partial charge in [0, 0.05) is 36.7 Å². The highest BCUT2D eigenvalue weighted by atomic mass is 32.1. The molecule has 2 aromatic rings. The zero-order chi connectivity index (χ0) is 12.5. The minimum Gasteiger partial charge on any atom is -0.335 e. The minimum absolute atomic E-state index is 0.00380. The Balaban J connectivity index is 1.67. The van der Waals surface area contributed by atoms with Crippen LogP contribution < -0.4 is 5.32 Å². The number of rotatable bonds is 2. The van der Waals surface area contributed by atoms with Gasteiger partial charge in [-0.15, -0.1) is 11.3 Å². The second-order valence-electron chi connectivity index (χ2n) is 4.51. The molecule has 0 fully saturated rings. The van der Waals surface area contributed by atoms with Crippen LogP contribution >= 0.6 is 11.3 Å². The molecule has 0 aromatic carbocycles. The maximum absolute atomic E-state index is 12.1. The molecule has 1 atom stereocenters. The van der Waals surface area contributed by atoms with Crippen LogP contribution in [0.5, 0.6) is 0 Å². The quantitative estimate of drug-likeness (QED) is 0.898. The lowest BCUT2D eigenvalue weighted by atomic mass is 9.97. The zero-order valence-electron chi connectivity index (χ0n) is 10.1. The number of carbonyl (C=O) groups is 1. The number of thiazole rings is 1. The van der Waals surface area contributed by atoms with Crippen molar-refractivity contribution in [1.82, 2.24) is 14.5 Å². The van der Waals surface area contributed by atoms with Crippen molar-refractivity contribution in [1.29, 1.82) is 0 Å². The smallest absolute Gasteiger partial charge is 0.229 e. The van der Waals surface area contributed by atoms with Crippen LogP contribution in [0.25, 0.3) is 0 Å². The summed E-state index contributed by atoms with van der Waals surface area (Å²) in [5.41, 5.74) is 0.939. The molecule has 1 N–H and O–H groups in total. The molecule has 3 heterocycles. The molecule has 2 aromatic heterocycles. The summed E-state index contributed by atoms with van der Waals surface area (Å²) < 4.78 is 2.11. The van der Waals surface area contributed by atoms with E-state index in [2.05, 4.69) is 19.9 Å². The highest BCUT2D eigenvalue weighted by molar-refractivity contribution is 7.13. The summed E-state index contributed by atoms with van der Waals surface area (Å²) in [6, 6.07) is 0. The first kappa shape index (κ1) is 11.4. The fraction of sp³-hybridized carbons (Fsp3) is 0.417. The van der Waals surface area contributed by atoms with Crippen LogP contribution in [-0.4, -0.2) is 20.4 Å². The molecule has 0 saturated carbocycles. The third-order valence-corrected chi connectivity index (χ3v) is 4.04. The molecule has 0 bridgehead atoms. The number of hydrogen-bond acceptors (Lipinski definition) is 4. The van der Waals surface area contributed by atoms with E-state index in [9.17, 15) is 4.79 Å². The summed E-state index contributed by atoms with van der Waals surface area (Å²) in [5.74, 6) is 1.06. The summed E-state index contributed by atoms with van der Waals surface area (Å²) in [7, 11) is 0. The predicted octanol–water partition coefficient (Wildman–Crippen LogP) is 1.85. The lowest BCUT2D eigenvalue weighted by Crippen LogP contribution is -2.30. The summed E-state index contributed by atoms with van der Waals surface area (Å²) >= 11 is 1.47. The monoisotopic (exact) mass is 262 g/mol. The van der Waals surface area contributed by atoms with Gasteiger partial charge in [-0.2, -0.15) is 0 Å². The van der Waals surface area contributed by atoms with Crippen LogP contribution in [0, 0.1) is 12.8 Å². The minimum atomic E-state index is 0.00380. The molecule has 3 rings (SSSR count). The van der Waals surface area contributed by atoms with Gasteiger partial charge < -0.3 is 9.88 Å². The Labute approximate surface area is 109 Å². The van der Waals surface area contributed by atoms with E-state index >= 15 is 0 Å². The Morgan fingerprint density at radius 2 is 2.50 bits per heavy atom. The molecular weight excluding hydrogens is 248 g/mol. The molecule has 18 heavy (non-hydrogen) atoms. The molecule has 0 aliphatic carbocycles. The van der Waals surface area contributed by atoms with Crippen molar-refractivity contribution in [3.05, 3.63) is 29.3 Å². The van der Waals surface area contributed by atoms with E-state index in [1.54, 1.807) is 6.20 Å². The van der Waals surface area contributed by atoms with Crippen molar-refractivity contribution in [3.8, 4) is 0 Å². The molecular formula is C12H14N4OS. The standard InChI is InChI=1S/C12H14N4OS/c1-8-7-18-12(14-8)15-11(17)9-2-4-16-5-3-13-10(16)6-9/h3,5,7,9H,2,4,6H2,1H3,(H,14,15,17). The first-order valence-electron chi connectivity index (χ1n) is 5.95. The van der Waals surface area contributed by atoms with Crippen LogP contribution in [0.1, 0.15) is 17.9 Å². The van der Waals surface area contributed by atoms with Gasteiger partial charge in [0.2, 0.25) is 5.91 Å². The van der Waals surface area contributed by atoms with Gasteiger partial charge >= 0.3 is 0 Å². The lowest BCUT2D eigenvalue weighted by Gasteiger charge is -2.21. The number of amides is 1. The van der Waals surface area contributed by atoms with Gasteiger partial charge in [-0.25, -0.2) is 9.97 Å². The average Bonchev–Trinajstić information content (AvgIpc) is 2.96. The van der Waals surface area contributed by atoms with Gasteiger partial charge in [0.1, 0.15) is 5.82 Å². The van der Waals surface area contributed by atoms with Crippen molar-refractivity contribution in [2.24, 2.45) is 5.92 Å². The molecule has 94 valence electrons. The van der Waals surface area contributed by atoms with Gasteiger partial charge in [-0.05, 0) is 13.3 Å². The largest absolute Gasteiger partial charge is 0.335 e. The normalized spacial score (nSPS) is 18.4. The topological polar surface area (TPSA) is 59.8 Å². The number of nitrogens with zero attached hydrogens (tertiary/aromatic N) is 3. The van der Waals surface area contributed by atoms with Gasteiger partial charge in [0.15, 0.2) is 5.13 Å². The van der Waals surface area contributed by atoms with Crippen molar-refractivity contribution < 1.29 is 4.79 Å². The fourth-order valence-electron chi connectivity index (χ4n) is 2.19. The number of fused-ring (bicyclic) bond motifs is 1. The van der Waals surface area contributed by atoms with E-state index in [0.29, 0.717) is 11.6 Å². The van der Waals surface area contributed by atoms with Crippen LogP contribution in [0.15, 0.2) is 17.8 Å². The molecule has 6 heteroatoms. The van der Waals surface area contributed by atoms with E-state index in [0.717, 1.165) is 24.5 Å². The second kappa shape index (κ2) is 4.53. The lowest BCUT2D eigenvalue weighted by molar-refractivity contribution is -0.120. The zero-order valence-corrected chi connectivity index (χ0v) is 10.9. The van der Waals surface area contributed by atoms with Gasteiger partial charge in [0.05, 0.1) is 5.69 Å². The van der Waals surface area contributed by atoms with Crippen molar-refractivity contribution in [2.45, 2.75) is 26.3 Å².